The number of anilines is 2. The van der Waals surface area contributed by atoms with Gasteiger partial charge in [-0.05, 0) is 67.6 Å². The molecular formula is C31H35Cl2FN6O3. The zero-order valence-electron chi connectivity index (χ0n) is 23.7. The van der Waals surface area contributed by atoms with Gasteiger partial charge >= 0.3 is 5.97 Å². The molecule has 2 fully saturated rings. The summed E-state index contributed by atoms with van der Waals surface area (Å²) in [6.07, 6.45) is 5.04. The monoisotopic (exact) mass is 628 g/mol. The van der Waals surface area contributed by atoms with Gasteiger partial charge in [0, 0.05) is 32.6 Å². The molecule has 9 nitrogen and oxygen atoms in total. The van der Waals surface area contributed by atoms with E-state index in [4.69, 9.17) is 23.2 Å². The van der Waals surface area contributed by atoms with Crippen LogP contribution in [0, 0.1) is 11.7 Å². The maximum absolute atomic E-state index is 15.4. The van der Waals surface area contributed by atoms with Crippen molar-refractivity contribution >= 4 is 46.7 Å². The molecule has 3 heterocycles. The SMILES string of the molecule is O=C(N[C@@H](Cc1ccc(-c2ccc(Cl)c(Cl)c2)cc1)C(=O)O)C1CCCN(c2ncnc(NCCN3CCCC3)c2F)C1. The average Bonchev–Trinajstić information content (AvgIpc) is 3.53. The Bertz CT molecular complexity index is 1440. The molecule has 1 unspecified atom stereocenters. The number of piperidine rings is 1. The maximum atomic E-state index is 15.4. The summed E-state index contributed by atoms with van der Waals surface area (Å²) in [4.78, 5) is 37.7. The molecule has 3 N–H and O–H groups in total. The molecule has 2 aromatic carbocycles. The van der Waals surface area contributed by atoms with Gasteiger partial charge < -0.3 is 25.5 Å². The van der Waals surface area contributed by atoms with Crippen molar-refractivity contribution in [2.45, 2.75) is 38.1 Å². The molecule has 0 bridgehead atoms. The molecule has 1 amide bonds. The fourth-order valence-corrected chi connectivity index (χ4v) is 5.96. The van der Waals surface area contributed by atoms with E-state index in [2.05, 4.69) is 25.5 Å². The number of carboxylic acid groups (broad SMARTS) is 1. The molecule has 2 aliphatic heterocycles. The van der Waals surface area contributed by atoms with E-state index in [1.165, 1.54) is 19.2 Å². The van der Waals surface area contributed by atoms with Gasteiger partial charge in [0.2, 0.25) is 11.7 Å². The summed E-state index contributed by atoms with van der Waals surface area (Å²) in [5, 5.41) is 16.6. The summed E-state index contributed by atoms with van der Waals surface area (Å²) in [5.74, 6) is -2.25. The Balaban J connectivity index is 1.18. The predicted octanol–water partition coefficient (Wildman–Crippen LogP) is 5.13. The van der Waals surface area contributed by atoms with Gasteiger partial charge in [-0.1, -0.05) is 53.5 Å². The molecule has 0 radical (unpaired) electrons. The number of carbonyl (C=O) groups is 2. The third kappa shape index (κ3) is 7.93. The van der Waals surface area contributed by atoms with Crippen molar-refractivity contribution in [2.75, 3.05) is 49.5 Å². The Labute approximate surface area is 260 Å². The van der Waals surface area contributed by atoms with Crippen molar-refractivity contribution < 1.29 is 19.1 Å². The zero-order chi connectivity index (χ0) is 30.3. The molecule has 0 aliphatic carbocycles. The lowest BCUT2D eigenvalue weighted by molar-refractivity contribution is -0.142. The number of likely N-dealkylation sites (tertiary alicyclic amines) is 1. The average molecular weight is 630 g/mol. The zero-order valence-corrected chi connectivity index (χ0v) is 25.2. The van der Waals surface area contributed by atoms with Gasteiger partial charge in [-0.15, -0.1) is 0 Å². The van der Waals surface area contributed by atoms with Crippen LogP contribution in [0.3, 0.4) is 0 Å². The number of amides is 1. The normalized spacial score (nSPS) is 17.9. The van der Waals surface area contributed by atoms with Crippen LogP contribution in [0.2, 0.25) is 10.0 Å². The summed E-state index contributed by atoms with van der Waals surface area (Å²) in [6.45, 7) is 4.29. The van der Waals surface area contributed by atoms with Crippen LogP contribution in [0.25, 0.3) is 11.1 Å². The number of nitrogens with one attached hydrogen (secondary N) is 2. The van der Waals surface area contributed by atoms with Gasteiger partial charge in [-0.25, -0.2) is 14.8 Å². The highest BCUT2D eigenvalue weighted by Crippen LogP contribution is 2.29. The van der Waals surface area contributed by atoms with Crippen LogP contribution in [0.15, 0.2) is 48.8 Å². The van der Waals surface area contributed by atoms with E-state index in [1.54, 1.807) is 17.0 Å². The molecule has 0 saturated carbocycles. The van der Waals surface area contributed by atoms with E-state index in [9.17, 15) is 14.7 Å². The topological polar surface area (TPSA) is 111 Å². The van der Waals surface area contributed by atoms with Crippen LogP contribution in [0.5, 0.6) is 0 Å². The molecule has 2 saturated heterocycles. The van der Waals surface area contributed by atoms with Crippen LogP contribution in [0.1, 0.15) is 31.2 Å². The minimum Gasteiger partial charge on any atom is -0.480 e. The van der Waals surface area contributed by atoms with Gasteiger partial charge in [0.1, 0.15) is 12.4 Å². The van der Waals surface area contributed by atoms with Gasteiger partial charge in [0.05, 0.1) is 16.0 Å². The van der Waals surface area contributed by atoms with E-state index >= 15 is 4.39 Å². The van der Waals surface area contributed by atoms with E-state index < -0.39 is 23.7 Å². The minimum absolute atomic E-state index is 0.117. The molecule has 12 heteroatoms. The Morgan fingerprint density at radius 2 is 1.74 bits per heavy atom. The van der Waals surface area contributed by atoms with E-state index in [1.807, 2.05) is 30.3 Å². The molecule has 2 aliphatic rings. The highest BCUT2D eigenvalue weighted by atomic mass is 35.5. The maximum Gasteiger partial charge on any atom is 0.326 e. The Morgan fingerprint density at radius 1 is 1.00 bits per heavy atom. The molecule has 1 aromatic heterocycles. The predicted molar refractivity (Wildman–Crippen MR) is 166 cm³/mol. The third-order valence-electron chi connectivity index (χ3n) is 8.04. The van der Waals surface area contributed by atoms with Crippen LogP contribution in [0.4, 0.5) is 16.0 Å². The van der Waals surface area contributed by atoms with Gasteiger partial charge in [-0.2, -0.15) is 4.39 Å². The largest absolute Gasteiger partial charge is 0.480 e. The smallest absolute Gasteiger partial charge is 0.326 e. The first-order valence-electron chi connectivity index (χ1n) is 14.6. The molecule has 5 rings (SSSR count). The molecule has 43 heavy (non-hydrogen) atoms. The molecular weight excluding hydrogens is 594 g/mol. The first-order valence-corrected chi connectivity index (χ1v) is 15.3. The third-order valence-corrected chi connectivity index (χ3v) is 8.78. The van der Waals surface area contributed by atoms with E-state index in [0.717, 1.165) is 36.3 Å². The van der Waals surface area contributed by atoms with Crippen LogP contribution in [-0.2, 0) is 16.0 Å². The number of nitrogens with zero attached hydrogens (tertiary/aromatic N) is 4. The van der Waals surface area contributed by atoms with Crippen LogP contribution >= 0.6 is 23.2 Å². The second-order valence-electron chi connectivity index (χ2n) is 11.0. The number of hydrogen-bond donors (Lipinski definition) is 3. The Morgan fingerprint density at radius 3 is 2.47 bits per heavy atom. The minimum atomic E-state index is -1.12. The van der Waals surface area contributed by atoms with E-state index in [-0.39, 0.29) is 30.5 Å². The number of benzene rings is 2. The van der Waals surface area contributed by atoms with Gasteiger partial charge in [0.25, 0.3) is 0 Å². The number of halogens is 3. The number of aliphatic carboxylic acids is 1. The highest BCUT2D eigenvalue weighted by molar-refractivity contribution is 6.42. The summed E-state index contributed by atoms with van der Waals surface area (Å²) in [5.41, 5.74) is 2.55. The second-order valence-corrected chi connectivity index (χ2v) is 11.9. The number of carboxylic acids is 1. The van der Waals surface area contributed by atoms with Crippen molar-refractivity contribution in [3.05, 3.63) is 70.2 Å². The number of carbonyl (C=O) groups excluding carboxylic acids is 1. The van der Waals surface area contributed by atoms with Crippen molar-refractivity contribution in [3.8, 4) is 11.1 Å². The van der Waals surface area contributed by atoms with Crippen molar-refractivity contribution in [3.63, 3.8) is 0 Å². The van der Waals surface area contributed by atoms with Crippen molar-refractivity contribution in [1.82, 2.24) is 20.2 Å². The van der Waals surface area contributed by atoms with E-state index in [0.29, 0.717) is 36.0 Å². The molecule has 2 atom stereocenters. The molecule has 228 valence electrons. The van der Waals surface area contributed by atoms with Crippen LogP contribution < -0.4 is 15.5 Å². The molecule has 0 spiro atoms. The van der Waals surface area contributed by atoms with Crippen LogP contribution in [-0.4, -0.2) is 77.2 Å². The number of hydrogen-bond acceptors (Lipinski definition) is 7. The lowest BCUT2D eigenvalue weighted by atomic mass is 9.96. The summed E-state index contributed by atoms with van der Waals surface area (Å²) < 4.78 is 15.4. The van der Waals surface area contributed by atoms with Gasteiger partial charge in [-0.3, -0.25) is 4.79 Å². The fraction of sp³-hybridized carbons (Fsp3) is 0.419. The summed E-state index contributed by atoms with van der Waals surface area (Å²) in [7, 11) is 0. The Kier molecular flexibility index (Phi) is 10.3. The Hall–Kier alpha value is -3.47. The number of aromatic nitrogens is 2. The molecule has 3 aromatic rings. The quantitative estimate of drug-likeness (QED) is 0.268. The summed E-state index contributed by atoms with van der Waals surface area (Å²) in [6, 6.07) is 11.7. The standard InChI is InChI=1S/C31H35Cl2FN6O3/c32-24-10-9-22(17-25(24)33)21-7-5-20(6-8-21)16-26(31(42)43)38-30(41)23-4-3-14-40(18-23)29-27(34)28(36-19-37-29)35-11-15-39-12-1-2-13-39/h5-10,17,19,23,26H,1-4,11-16,18H2,(H,38,41)(H,42,43)(H,35,36,37)/t23?,26-/m0/s1. The van der Waals surface area contributed by atoms with Gasteiger partial charge in [0.15, 0.2) is 11.6 Å². The van der Waals surface area contributed by atoms with Crippen molar-refractivity contribution in [1.29, 1.82) is 0 Å². The lowest BCUT2D eigenvalue weighted by Crippen LogP contribution is -2.49. The highest BCUT2D eigenvalue weighted by Gasteiger charge is 2.31. The number of rotatable bonds is 11. The first kappa shape index (κ1) is 31.0. The second kappa shape index (κ2) is 14.3. The fourth-order valence-electron chi connectivity index (χ4n) is 5.66. The van der Waals surface area contributed by atoms with Crippen molar-refractivity contribution in [2.24, 2.45) is 5.92 Å². The lowest BCUT2D eigenvalue weighted by Gasteiger charge is -2.33. The first-order chi connectivity index (χ1) is 20.8. The summed E-state index contributed by atoms with van der Waals surface area (Å²) >= 11 is 12.2.